The molecule has 1 aliphatic rings. The number of aromatic nitrogens is 4. The Bertz CT molecular complexity index is 1290. The summed E-state index contributed by atoms with van der Waals surface area (Å²) in [6.45, 7) is 0.339. The normalized spacial score (nSPS) is 13.5. The summed E-state index contributed by atoms with van der Waals surface area (Å²) in [6.07, 6.45) is 3.92. The van der Waals surface area contributed by atoms with Gasteiger partial charge in [0.25, 0.3) is 0 Å². The fourth-order valence-electron chi connectivity index (χ4n) is 3.52. The fourth-order valence-corrected chi connectivity index (χ4v) is 3.70. The molecule has 1 aliphatic carbocycles. The Hall–Kier alpha value is -3.32. The second-order valence-corrected chi connectivity index (χ2v) is 7.75. The number of halogens is 1. The molecule has 5 rings (SSSR count). The summed E-state index contributed by atoms with van der Waals surface area (Å²) in [5.41, 5.74) is 2.53. The summed E-state index contributed by atoms with van der Waals surface area (Å²) < 4.78 is 8.71. The number of hydrogen-bond acceptors (Lipinski definition) is 5. The van der Waals surface area contributed by atoms with Crippen molar-refractivity contribution in [1.29, 1.82) is 0 Å². The van der Waals surface area contributed by atoms with Gasteiger partial charge < -0.3 is 10.1 Å². The average molecular weight is 422 g/mol. The van der Waals surface area contributed by atoms with Crippen LogP contribution in [-0.2, 0) is 6.54 Å². The minimum absolute atomic E-state index is 0.212. The molecular weight excluding hydrogens is 402 g/mol. The maximum Gasteiger partial charge on any atom is 0.335 e. The van der Waals surface area contributed by atoms with E-state index in [4.69, 9.17) is 16.3 Å². The minimum Gasteiger partial charge on any atom is -0.496 e. The quantitative estimate of drug-likeness (QED) is 0.511. The average Bonchev–Trinajstić information content (AvgIpc) is 3.52. The Morgan fingerprint density at radius 2 is 2.03 bits per heavy atom. The molecule has 0 spiro atoms. The van der Waals surface area contributed by atoms with E-state index in [0.29, 0.717) is 40.4 Å². The first-order chi connectivity index (χ1) is 14.6. The number of anilines is 1. The van der Waals surface area contributed by atoms with E-state index in [2.05, 4.69) is 15.3 Å². The third kappa shape index (κ3) is 3.41. The second-order valence-electron chi connectivity index (χ2n) is 7.32. The fraction of sp³-hybridized carbons (Fsp3) is 0.227. The Balaban J connectivity index is 1.70. The maximum absolute atomic E-state index is 13.5. The highest BCUT2D eigenvalue weighted by Gasteiger charge is 2.23. The van der Waals surface area contributed by atoms with E-state index in [1.165, 1.54) is 0 Å². The van der Waals surface area contributed by atoms with E-state index < -0.39 is 0 Å². The molecule has 0 unspecified atom stereocenters. The molecule has 1 saturated carbocycles. The van der Waals surface area contributed by atoms with Gasteiger partial charge in [-0.1, -0.05) is 35.9 Å². The monoisotopic (exact) mass is 421 g/mol. The van der Waals surface area contributed by atoms with Gasteiger partial charge in [0.1, 0.15) is 11.3 Å². The number of para-hydroxylation sites is 1. The highest BCUT2D eigenvalue weighted by Crippen LogP contribution is 2.26. The SMILES string of the molecule is COc1ccccc1Cn1c(=O)n(-c2cccc(Cl)c2)c2nc(NC3CC3)ncc21. The molecule has 0 saturated heterocycles. The van der Waals surface area contributed by atoms with E-state index in [-0.39, 0.29) is 5.69 Å². The minimum atomic E-state index is -0.212. The van der Waals surface area contributed by atoms with Crippen molar-refractivity contribution in [1.82, 2.24) is 19.1 Å². The summed E-state index contributed by atoms with van der Waals surface area (Å²) >= 11 is 6.20. The Morgan fingerprint density at radius 1 is 1.20 bits per heavy atom. The molecule has 2 aromatic carbocycles. The van der Waals surface area contributed by atoms with Crippen LogP contribution in [-0.4, -0.2) is 32.3 Å². The van der Waals surface area contributed by atoms with Crippen molar-refractivity contribution in [2.24, 2.45) is 0 Å². The molecule has 152 valence electrons. The van der Waals surface area contributed by atoms with Gasteiger partial charge in [-0.15, -0.1) is 0 Å². The first-order valence-corrected chi connectivity index (χ1v) is 10.1. The first kappa shape index (κ1) is 18.7. The van der Waals surface area contributed by atoms with E-state index in [1.54, 1.807) is 34.6 Å². The van der Waals surface area contributed by atoms with Gasteiger partial charge in [0.15, 0.2) is 5.65 Å². The summed E-state index contributed by atoms with van der Waals surface area (Å²) in [4.78, 5) is 22.6. The molecular formula is C22H20ClN5O2. The highest BCUT2D eigenvalue weighted by molar-refractivity contribution is 6.30. The van der Waals surface area contributed by atoms with Crippen molar-refractivity contribution in [3.63, 3.8) is 0 Å². The molecule has 4 aromatic rings. The number of nitrogens with zero attached hydrogens (tertiary/aromatic N) is 4. The molecule has 0 radical (unpaired) electrons. The predicted molar refractivity (Wildman–Crippen MR) is 117 cm³/mol. The van der Waals surface area contributed by atoms with Crippen LogP contribution in [0.5, 0.6) is 5.75 Å². The van der Waals surface area contributed by atoms with E-state index in [1.807, 2.05) is 36.4 Å². The van der Waals surface area contributed by atoms with Crippen molar-refractivity contribution >= 4 is 28.7 Å². The summed E-state index contributed by atoms with van der Waals surface area (Å²) in [7, 11) is 1.62. The predicted octanol–water partition coefficient (Wildman–Crippen LogP) is 3.87. The maximum atomic E-state index is 13.5. The topological polar surface area (TPSA) is 74.0 Å². The van der Waals surface area contributed by atoms with Gasteiger partial charge in [0.2, 0.25) is 5.95 Å². The number of methoxy groups -OCH3 is 1. The van der Waals surface area contributed by atoms with Crippen LogP contribution < -0.4 is 15.7 Å². The van der Waals surface area contributed by atoms with Crippen LogP contribution in [0.25, 0.3) is 16.9 Å². The third-order valence-electron chi connectivity index (χ3n) is 5.17. The van der Waals surface area contributed by atoms with Gasteiger partial charge in [-0.3, -0.25) is 4.57 Å². The zero-order valence-electron chi connectivity index (χ0n) is 16.4. The largest absolute Gasteiger partial charge is 0.496 e. The number of ether oxygens (including phenoxy) is 1. The lowest BCUT2D eigenvalue weighted by Gasteiger charge is -2.09. The van der Waals surface area contributed by atoms with Crippen LogP contribution in [0.2, 0.25) is 5.02 Å². The summed E-state index contributed by atoms with van der Waals surface area (Å²) in [5.74, 6) is 1.25. The van der Waals surface area contributed by atoms with Gasteiger partial charge in [-0.25, -0.2) is 14.3 Å². The zero-order valence-corrected chi connectivity index (χ0v) is 17.1. The van der Waals surface area contributed by atoms with Crippen LogP contribution >= 0.6 is 11.6 Å². The molecule has 2 aromatic heterocycles. The van der Waals surface area contributed by atoms with E-state index in [0.717, 1.165) is 24.2 Å². The standard InChI is InChI=1S/C22H20ClN5O2/c1-30-19-8-3-2-5-14(19)13-27-18-12-24-21(25-16-9-10-16)26-20(18)28(22(27)29)17-7-4-6-15(23)11-17/h2-8,11-12,16H,9-10,13H2,1H3,(H,24,25,26). The van der Waals surface area contributed by atoms with Gasteiger partial charge in [0, 0.05) is 16.6 Å². The molecule has 2 heterocycles. The van der Waals surface area contributed by atoms with Gasteiger partial charge >= 0.3 is 5.69 Å². The second kappa shape index (κ2) is 7.50. The lowest BCUT2D eigenvalue weighted by molar-refractivity contribution is 0.408. The van der Waals surface area contributed by atoms with Crippen molar-refractivity contribution in [3.05, 3.63) is 75.8 Å². The molecule has 0 bridgehead atoms. The number of nitrogens with one attached hydrogen (secondary N) is 1. The van der Waals surface area contributed by atoms with Crippen LogP contribution in [0, 0.1) is 0 Å². The number of imidazole rings is 1. The van der Waals surface area contributed by atoms with Crippen LogP contribution in [0.15, 0.2) is 59.5 Å². The third-order valence-corrected chi connectivity index (χ3v) is 5.41. The lowest BCUT2D eigenvalue weighted by atomic mass is 10.2. The number of benzene rings is 2. The molecule has 1 N–H and O–H groups in total. The Kier molecular flexibility index (Phi) is 4.67. The molecule has 0 amide bonds. The van der Waals surface area contributed by atoms with E-state index in [9.17, 15) is 4.79 Å². The molecule has 7 nitrogen and oxygen atoms in total. The molecule has 0 aliphatic heterocycles. The van der Waals surface area contributed by atoms with Crippen molar-refractivity contribution in [3.8, 4) is 11.4 Å². The van der Waals surface area contributed by atoms with Crippen molar-refractivity contribution < 1.29 is 4.74 Å². The van der Waals surface area contributed by atoms with Crippen molar-refractivity contribution in [2.45, 2.75) is 25.4 Å². The highest BCUT2D eigenvalue weighted by atomic mass is 35.5. The van der Waals surface area contributed by atoms with Crippen LogP contribution in [0.1, 0.15) is 18.4 Å². The molecule has 8 heteroatoms. The Labute approximate surface area is 177 Å². The Morgan fingerprint density at radius 3 is 2.80 bits per heavy atom. The zero-order chi connectivity index (χ0) is 20.7. The van der Waals surface area contributed by atoms with E-state index >= 15 is 0 Å². The number of hydrogen-bond donors (Lipinski definition) is 1. The first-order valence-electron chi connectivity index (χ1n) is 9.76. The van der Waals surface area contributed by atoms with Gasteiger partial charge in [-0.05, 0) is 37.1 Å². The van der Waals surface area contributed by atoms with Crippen molar-refractivity contribution in [2.75, 3.05) is 12.4 Å². The van der Waals surface area contributed by atoms with Gasteiger partial charge in [0.05, 0.1) is 25.5 Å². The summed E-state index contributed by atoms with van der Waals surface area (Å²) in [5, 5.41) is 3.85. The smallest absolute Gasteiger partial charge is 0.335 e. The molecule has 0 atom stereocenters. The number of rotatable bonds is 6. The lowest BCUT2D eigenvalue weighted by Crippen LogP contribution is -2.24. The number of fused-ring (bicyclic) bond motifs is 1. The van der Waals surface area contributed by atoms with Crippen LogP contribution in [0.3, 0.4) is 0 Å². The van der Waals surface area contributed by atoms with Gasteiger partial charge in [-0.2, -0.15) is 4.98 Å². The molecule has 1 fully saturated rings. The van der Waals surface area contributed by atoms with Crippen LogP contribution in [0.4, 0.5) is 5.95 Å². The molecule has 30 heavy (non-hydrogen) atoms. The summed E-state index contributed by atoms with van der Waals surface area (Å²) in [6, 6.07) is 15.2.